The van der Waals surface area contributed by atoms with Crippen LogP contribution in [0.4, 0.5) is 17.6 Å². The van der Waals surface area contributed by atoms with Gasteiger partial charge in [0.25, 0.3) is 0 Å². The molecule has 0 aliphatic rings. The zero-order valence-electron chi connectivity index (χ0n) is 10.4. The van der Waals surface area contributed by atoms with Gasteiger partial charge in [0.15, 0.2) is 0 Å². The molecule has 2 N–H and O–H groups in total. The fourth-order valence-electron chi connectivity index (χ4n) is 1.97. The van der Waals surface area contributed by atoms with E-state index >= 15 is 0 Å². The molecule has 0 aromatic heterocycles. The molecule has 0 aliphatic carbocycles. The van der Waals surface area contributed by atoms with Gasteiger partial charge in [0, 0.05) is 14.5 Å². The van der Waals surface area contributed by atoms with Crippen LogP contribution in [0.25, 0.3) is 0 Å². The van der Waals surface area contributed by atoms with Crippen LogP contribution in [0.3, 0.4) is 0 Å². The lowest BCUT2D eigenvalue weighted by molar-refractivity contribution is -0.138. The topological polar surface area (TPSA) is 26.0 Å². The monoisotopic (exact) mass is 425 g/mol. The summed E-state index contributed by atoms with van der Waals surface area (Å²) in [6, 6.07) is 6.40. The fraction of sp³-hybridized carbons (Fsp3) is 0.143. The third-order valence-corrected chi connectivity index (χ3v) is 3.94. The van der Waals surface area contributed by atoms with Crippen molar-refractivity contribution in [3.8, 4) is 0 Å². The van der Waals surface area contributed by atoms with Gasteiger partial charge < -0.3 is 5.73 Å². The van der Waals surface area contributed by atoms with E-state index in [0.717, 1.165) is 12.1 Å². The molecule has 7 heteroatoms. The Bertz CT molecular complexity index is 671. The largest absolute Gasteiger partial charge is 0.416 e. The first-order chi connectivity index (χ1) is 9.70. The summed E-state index contributed by atoms with van der Waals surface area (Å²) in [6.45, 7) is 0. The molecule has 0 saturated carbocycles. The summed E-state index contributed by atoms with van der Waals surface area (Å²) in [5.74, 6) is -0.651. The lowest BCUT2D eigenvalue weighted by atomic mass is 9.94. The highest BCUT2D eigenvalue weighted by atomic mass is 79.9. The van der Waals surface area contributed by atoms with E-state index in [9.17, 15) is 17.6 Å². The molecule has 2 aromatic carbocycles. The van der Waals surface area contributed by atoms with E-state index in [1.165, 1.54) is 24.3 Å². The van der Waals surface area contributed by atoms with Gasteiger partial charge in [0.2, 0.25) is 0 Å². The smallest absolute Gasteiger partial charge is 0.320 e. The van der Waals surface area contributed by atoms with Gasteiger partial charge in [-0.3, -0.25) is 0 Å². The van der Waals surface area contributed by atoms with Crippen LogP contribution in [-0.4, -0.2) is 0 Å². The molecule has 0 heterocycles. The number of hydrogen-bond acceptors (Lipinski definition) is 1. The van der Waals surface area contributed by atoms with Crippen molar-refractivity contribution in [3.05, 3.63) is 67.9 Å². The maximum absolute atomic E-state index is 13.8. The van der Waals surface area contributed by atoms with Crippen LogP contribution in [0.1, 0.15) is 22.7 Å². The molecule has 0 amide bonds. The third-order valence-electron chi connectivity index (χ3n) is 2.95. The van der Waals surface area contributed by atoms with Gasteiger partial charge in [-0.15, -0.1) is 0 Å². The molecule has 1 nitrogen and oxygen atoms in total. The van der Waals surface area contributed by atoms with Crippen LogP contribution in [0.15, 0.2) is 45.3 Å². The highest BCUT2D eigenvalue weighted by molar-refractivity contribution is 9.10. The summed E-state index contributed by atoms with van der Waals surface area (Å²) in [5.41, 5.74) is 4.79. The molecule has 2 aromatic rings. The second kappa shape index (κ2) is 6.06. The van der Waals surface area contributed by atoms with Gasteiger partial charge in [0.1, 0.15) is 5.82 Å². The molecule has 0 bridgehead atoms. The Hall–Kier alpha value is -0.920. The summed E-state index contributed by atoms with van der Waals surface area (Å²) in [5, 5.41) is 0. The van der Waals surface area contributed by atoms with E-state index in [0.29, 0.717) is 4.47 Å². The van der Waals surface area contributed by atoms with Crippen LogP contribution in [0.5, 0.6) is 0 Å². The minimum atomic E-state index is -4.57. The second-order valence-electron chi connectivity index (χ2n) is 4.37. The normalized spacial score (nSPS) is 13.3. The van der Waals surface area contributed by atoms with Crippen molar-refractivity contribution < 1.29 is 17.6 Å². The van der Waals surface area contributed by atoms with Gasteiger partial charge in [-0.1, -0.05) is 37.9 Å². The van der Waals surface area contributed by atoms with Gasteiger partial charge >= 0.3 is 6.18 Å². The molecule has 0 aliphatic heterocycles. The predicted molar refractivity (Wildman–Crippen MR) is 79.3 cm³/mol. The molecule has 0 fully saturated rings. The zero-order chi connectivity index (χ0) is 15.8. The van der Waals surface area contributed by atoms with Crippen molar-refractivity contribution in [3.63, 3.8) is 0 Å². The molecule has 1 unspecified atom stereocenters. The average molecular weight is 427 g/mol. The van der Waals surface area contributed by atoms with E-state index in [1.807, 2.05) is 0 Å². The second-order valence-corrected chi connectivity index (χ2v) is 6.20. The van der Waals surface area contributed by atoms with Gasteiger partial charge in [0.05, 0.1) is 11.6 Å². The van der Waals surface area contributed by atoms with Crippen LogP contribution in [0, 0.1) is 5.82 Å². The third kappa shape index (κ3) is 3.64. The number of benzene rings is 2. The number of hydrogen-bond donors (Lipinski definition) is 1. The van der Waals surface area contributed by atoms with E-state index in [-0.39, 0.29) is 15.6 Å². The van der Waals surface area contributed by atoms with Gasteiger partial charge in [-0.05, 0) is 35.9 Å². The molecule has 112 valence electrons. The summed E-state index contributed by atoms with van der Waals surface area (Å²) >= 11 is 6.15. The van der Waals surface area contributed by atoms with E-state index in [4.69, 9.17) is 5.73 Å². The quantitative estimate of drug-likeness (QED) is 0.637. The maximum Gasteiger partial charge on any atom is 0.416 e. The Morgan fingerprint density at radius 3 is 2.10 bits per heavy atom. The lowest BCUT2D eigenvalue weighted by Gasteiger charge is -2.19. The fourth-order valence-corrected chi connectivity index (χ4v) is 2.71. The SMILES string of the molecule is NC(c1cc(Br)ccc1F)c1ccc(Br)cc1C(F)(F)F. The summed E-state index contributed by atoms with van der Waals surface area (Å²) in [4.78, 5) is 0. The molecule has 0 saturated heterocycles. The van der Waals surface area contributed by atoms with Crippen molar-refractivity contribution in [2.24, 2.45) is 5.73 Å². The first-order valence-corrected chi connectivity index (χ1v) is 7.36. The molecular formula is C14H9Br2F4N. The van der Waals surface area contributed by atoms with E-state index < -0.39 is 23.6 Å². The minimum Gasteiger partial charge on any atom is -0.320 e. The van der Waals surface area contributed by atoms with Crippen molar-refractivity contribution >= 4 is 31.9 Å². The Labute approximate surface area is 135 Å². The van der Waals surface area contributed by atoms with Crippen molar-refractivity contribution in [1.29, 1.82) is 0 Å². The molecule has 21 heavy (non-hydrogen) atoms. The molecule has 1 atom stereocenters. The Morgan fingerprint density at radius 1 is 0.905 bits per heavy atom. The van der Waals surface area contributed by atoms with Gasteiger partial charge in [-0.2, -0.15) is 13.2 Å². The standard InChI is InChI=1S/C14H9Br2F4N/c15-7-2-4-12(17)10(5-7)13(21)9-3-1-8(16)6-11(9)14(18,19)20/h1-6,13H,21H2. The van der Waals surface area contributed by atoms with Crippen LogP contribution >= 0.6 is 31.9 Å². The number of alkyl halides is 3. The van der Waals surface area contributed by atoms with E-state index in [2.05, 4.69) is 31.9 Å². The Kier molecular flexibility index (Phi) is 4.75. The highest BCUT2D eigenvalue weighted by Crippen LogP contribution is 2.38. The van der Waals surface area contributed by atoms with Crippen LogP contribution < -0.4 is 5.73 Å². The summed E-state index contributed by atoms with van der Waals surface area (Å²) in [6.07, 6.45) is -4.57. The predicted octanol–water partition coefficient (Wildman–Crippen LogP) is 5.42. The van der Waals surface area contributed by atoms with Crippen LogP contribution in [-0.2, 0) is 6.18 Å². The Balaban J connectivity index is 2.58. The summed E-state index contributed by atoms with van der Waals surface area (Å²) in [7, 11) is 0. The van der Waals surface area contributed by atoms with Crippen LogP contribution in [0.2, 0.25) is 0 Å². The van der Waals surface area contributed by atoms with E-state index in [1.54, 1.807) is 0 Å². The zero-order valence-corrected chi connectivity index (χ0v) is 13.6. The number of rotatable bonds is 2. The average Bonchev–Trinajstić information content (AvgIpc) is 2.40. The molecular weight excluding hydrogens is 418 g/mol. The first kappa shape index (κ1) is 16.5. The maximum atomic E-state index is 13.8. The molecule has 2 rings (SSSR count). The highest BCUT2D eigenvalue weighted by Gasteiger charge is 2.35. The Morgan fingerprint density at radius 2 is 1.48 bits per heavy atom. The molecule has 0 radical (unpaired) electrons. The van der Waals surface area contributed by atoms with Crippen molar-refractivity contribution in [1.82, 2.24) is 0 Å². The first-order valence-electron chi connectivity index (χ1n) is 5.77. The lowest BCUT2D eigenvalue weighted by Crippen LogP contribution is -2.19. The molecule has 0 spiro atoms. The number of halogens is 6. The number of nitrogens with two attached hydrogens (primary N) is 1. The van der Waals surface area contributed by atoms with Crippen molar-refractivity contribution in [2.45, 2.75) is 12.2 Å². The van der Waals surface area contributed by atoms with Crippen molar-refractivity contribution in [2.75, 3.05) is 0 Å². The summed E-state index contributed by atoms with van der Waals surface area (Å²) < 4.78 is 54.0. The van der Waals surface area contributed by atoms with Gasteiger partial charge in [-0.25, -0.2) is 4.39 Å². The minimum absolute atomic E-state index is 0.00259.